The summed E-state index contributed by atoms with van der Waals surface area (Å²) in [6.07, 6.45) is -0.383. The number of cyclic esters (lactones) is 1. The topological polar surface area (TPSA) is 130 Å². The van der Waals surface area contributed by atoms with E-state index in [4.69, 9.17) is 18.9 Å². The zero-order valence-electron chi connectivity index (χ0n) is 25.1. The Balaban J connectivity index is 1.49. The van der Waals surface area contributed by atoms with Gasteiger partial charge in [-0.25, -0.2) is 4.79 Å². The first-order valence-corrected chi connectivity index (χ1v) is 15.6. The van der Waals surface area contributed by atoms with Crippen LogP contribution in [-0.4, -0.2) is 89.6 Å². The lowest BCUT2D eigenvalue weighted by molar-refractivity contribution is -0.184. The number of aliphatic hydroxyl groups excluding tert-OH is 1. The number of thioether (sulfide) groups is 1. The number of benzene rings is 2. The molecule has 11 nitrogen and oxygen atoms in total. The second-order valence-electron chi connectivity index (χ2n) is 12.2. The Morgan fingerprint density at radius 3 is 2.58 bits per heavy atom. The number of aryl methyl sites for hydroxylation is 1. The van der Waals surface area contributed by atoms with Gasteiger partial charge in [0.1, 0.15) is 18.9 Å². The van der Waals surface area contributed by atoms with Crippen LogP contribution in [0.5, 0.6) is 23.0 Å². The fraction of sp³-hybridized carbons (Fsp3) is 0.548. The SMILES string of the molecule is COc1c(C)cc2c(c1O)[C@@H]1[C@@H]3[C@@H]4SC[C@H](NC(C)=O)C(=O)OC[C@@H](c5c6c(c(C)c(C)c54)OCO6)N3[C@@H](O)[C@H](C2)N1C. The lowest BCUT2D eigenvalue weighted by Crippen LogP contribution is -2.69. The van der Waals surface area contributed by atoms with Crippen molar-refractivity contribution in [2.24, 2.45) is 0 Å². The van der Waals surface area contributed by atoms with Crippen molar-refractivity contribution >= 4 is 23.6 Å². The van der Waals surface area contributed by atoms with Gasteiger partial charge in [-0.05, 0) is 62.1 Å². The third kappa shape index (κ3) is 3.99. The van der Waals surface area contributed by atoms with E-state index in [0.717, 1.165) is 38.9 Å². The summed E-state index contributed by atoms with van der Waals surface area (Å²) in [5.74, 6) is 1.29. The van der Waals surface area contributed by atoms with E-state index in [9.17, 15) is 19.8 Å². The third-order valence-corrected chi connectivity index (χ3v) is 11.4. The van der Waals surface area contributed by atoms with Crippen LogP contribution in [0.1, 0.15) is 63.2 Å². The summed E-state index contributed by atoms with van der Waals surface area (Å²) in [4.78, 5) is 29.6. The number of amides is 1. The number of likely N-dealkylation sites (N-methyl/N-ethyl adjacent to an activating group) is 1. The van der Waals surface area contributed by atoms with E-state index in [1.165, 1.54) is 6.92 Å². The van der Waals surface area contributed by atoms with Gasteiger partial charge >= 0.3 is 5.97 Å². The van der Waals surface area contributed by atoms with Crippen molar-refractivity contribution in [3.8, 4) is 23.0 Å². The molecule has 7 rings (SSSR count). The first-order valence-electron chi connectivity index (χ1n) is 14.6. The molecule has 0 aliphatic carbocycles. The quantitative estimate of drug-likeness (QED) is 0.433. The van der Waals surface area contributed by atoms with E-state index in [1.807, 2.05) is 20.9 Å². The maximum Gasteiger partial charge on any atom is 0.329 e. The Hall–Kier alpha value is -3.19. The van der Waals surface area contributed by atoms with Crippen molar-refractivity contribution < 1.29 is 38.7 Å². The highest BCUT2D eigenvalue weighted by Gasteiger charge is 2.59. The summed E-state index contributed by atoms with van der Waals surface area (Å²) < 4.78 is 23.6. The smallest absolute Gasteiger partial charge is 0.329 e. The second kappa shape index (κ2) is 10.2. The summed E-state index contributed by atoms with van der Waals surface area (Å²) in [6, 6.07) is -0.272. The lowest BCUT2D eigenvalue weighted by Gasteiger charge is -2.62. The van der Waals surface area contributed by atoms with Crippen molar-refractivity contribution in [1.82, 2.24) is 15.1 Å². The van der Waals surface area contributed by atoms with Crippen LogP contribution < -0.4 is 19.5 Å². The third-order valence-electron chi connectivity index (χ3n) is 10.0. The maximum absolute atomic E-state index is 13.3. The van der Waals surface area contributed by atoms with Crippen LogP contribution in [0.25, 0.3) is 0 Å². The average Bonchev–Trinajstić information content (AvgIpc) is 3.45. The number of hydrogen-bond acceptors (Lipinski definition) is 11. The molecule has 0 unspecified atom stereocenters. The monoisotopic (exact) mass is 611 g/mol. The molecule has 5 aliphatic rings. The minimum atomic E-state index is -0.908. The highest BCUT2D eigenvalue weighted by Crippen LogP contribution is 2.62. The van der Waals surface area contributed by atoms with E-state index < -0.39 is 24.3 Å². The molecule has 230 valence electrons. The molecule has 0 radical (unpaired) electrons. The number of methoxy groups -OCH3 is 1. The number of carbonyl (C=O) groups is 2. The van der Waals surface area contributed by atoms with Gasteiger partial charge < -0.3 is 34.5 Å². The molecule has 43 heavy (non-hydrogen) atoms. The number of ether oxygens (including phenoxy) is 4. The number of esters is 1. The fourth-order valence-corrected chi connectivity index (χ4v) is 9.66. The van der Waals surface area contributed by atoms with Crippen molar-refractivity contribution in [3.63, 3.8) is 0 Å². The Morgan fingerprint density at radius 2 is 1.86 bits per heavy atom. The number of hydrogen-bond donors (Lipinski definition) is 3. The van der Waals surface area contributed by atoms with E-state index in [1.54, 1.807) is 18.9 Å². The summed E-state index contributed by atoms with van der Waals surface area (Å²) in [6.45, 7) is 7.43. The van der Waals surface area contributed by atoms with Crippen molar-refractivity contribution in [3.05, 3.63) is 45.0 Å². The lowest BCUT2D eigenvalue weighted by atomic mass is 9.72. The minimum Gasteiger partial charge on any atom is -0.504 e. The molecule has 3 N–H and O–H groups in total. The standard InChI is InChI=1S/C31H37N3O8S/c1-12-7-16-8-18-30(37)34-19-9-40-31(38)17(32-15(4)35)10-43-29(20-13(2)14(3)27-28(22(19)20)42-11-41-27)24(34)23(33(18)5)21(16)25(36)26(12)39-6/h7,17-19,23-24,29-30,36-37H,8-11H2,1-6H3,(H,32,35)/t17-,18-,19-,23+,24+,29+,30-/m0/s1. The molecule has 0 aromatic heterocycles. The van der Waals surface area contributed by atoms with Crippen molar-refractivity contribution in [1.29, 1.82) is 0 Å². The van der Waals surface area contributed by atoms with Crippen molar-refractivity contribution in [2.75, 3.05) is 33.3 Å². The number of nitrogens with zero attached hydrogens (tertiary/aromatic N) is 2. The molecule has 4 bridgehead atoms. The number of rotatable bonds is 2. The Bertz CT molecular complexity index is 1550. The minimum absolute atomic E-state index is 0.0512. The first kappa shape index (κ1) is 28.6. The molecule has 0 spiro atoms. The zero-order valence-corrected chi connectivity index (χ0v) is 25.9. The summed E-state index contributed by atoms with van der Waals surface area (Å²) in [5.41, 5.74) is 6.56. The number of phenols is 1. The number of aromatic hydroxyl groups is 1. The van der Waals surface area contributed by atoms with Crippen LogP contribution in [0.15, 0.2) is 6.07 Å². The Kier molecular flexibility index (Phi) is 6.77. The molecule has 2 fully saturated rings. The molecular formula is C31H37N3O8S. The highest BCUT2D eigenvalue weighted by atomic mass is 32.2. The van der Waals surface area contributed by atoms with Crippen LogP contribution in [0.3, 0.4) is 0 Å². The number of nitrogens with one attached hydrogen (secondary N) is 1. The molecule has 2 aromatic rings. The van der Waals surface area contributed by atoms with Crippen molar-refractivity contribution in [2.45, 2.75) is 75.8 Å². The van der Waals surface area contributed by atoms with Gasteiger partial charge in [-0.2, -0.15) is 0 Å². The average molecular weight is 612 g/mol. The number of fused-ring (bicyclic) bond motifs is 9. The number of piperazine rings is 1. The van der Waals surface area contributed by atoms with Gasteiger partial charge in [-0.3, -0.25) is 14.6 Å². The molecule has 1 amide bonds. The normalized spacial score (nSPS) is 31.0. The Labute approximate surface area is 254 Å². The van der Waals surface area contributed by atoms with E-state index in [-0.39, 0.29) is 54.2 Å². The van der Waals surface area contributed by atoms with Crippen LogP contribution in [0.4, 0.5) is 0 Å². The van der Waals surface area contributed by atoms with Crippen LogP contribution >= 0.6 is 11.8 Å². The Morgan fingerprint density at radius 1 is 1.12 bits per heavy atom. The predicted octanol–water partition coefficient (Wildman–Crippen LogP) is 2.55. The highest BCUT2D eigenvalue weighted by molar-refractivity contribution is 7.99. The van der Waals surface area contributed by atoms with Crippen LogP contribution in [0.2, 0.25) is 0 Å². The molecule has 2 aromatic carbocycles. The van der Waals surface area contributed by atoms with Gasteiger partial charge in [0, 0.05) is 35.1 Å². The van der Waals surface area contributed by atoms with Gasteiger partial charge in [0.2, 0.25) is 12.7 Å². The van der Waals surface area contributed by atoms with Crippen LogP contribution in [0, 0.1) is 20.8 Å². The number of carbonyl (C=O) groups excluding carboxylic acids is 2. The summed E-state index contributed by atoms with van der Waals surface area (Å²) >= 11 is 1.55. The summed E-state index contributed by atoms with van der Waals surface area (Å²) in [5, 5.41) is 26.4. The molecule has 7 atom stereocenters. The van der Waals surface area contributed by atoms with Gasteiger partial charge in [0.25, 0.3) is 0 Å². The maximum atomic E-state index is 13.3. The van der Waals surface area contributed by atoms with Gasteiger partial charge in [0.15, 0.2) is 23.0 Å². The molecular weight excluding hydrogens is 574 g/mol. The zero-order chi connectivity index (χ0) is 30.5. The number of phenolic OH excluding ortho intramolecular Hbond substituents is 1. The molecule has 5 heterocycles. The predicted molar refractivity (Wildman–Crippen MR) is 158 cm³/mol. The first-order chi connectivity index (χ1) is 20.5. The van der Waals surface area contributed by atoms with Gasteiger partial charge in [-0.15, -0.1) is 11.8 Å². The number of aliphatic hydroxyl groups is 1. The van der Waals surface area contributed by atoms with Gasteiger partial charge in [0.05, 0.1) is 25.2 Å². The summed E-state index contributed by atoms with van der Waals surface area (Å²) in [7, 11) is 3.56. The largest absolute Gasteiger partial charge is 0.504 e. The van der Waals surface area contributed by atoms with E-state index >= 15 is 0 Å². The molecule has 0 saturated carbocycles. The molecule has 5 aliphatic heterocycles. The fourth-order valence-electron chi connectivity index (χ4n) is 8.08. The van der Waals surface area contributed by atoms with E-state index in [0.29, 0.717) is 23.7 Å². The molecule has 2 saturated heterocycles. The van der Waals surface area contributed by atoms with Gasteiger partial charge in [-0.1, -0.05) is 6.07 Å². The molecule has 12 heteroatoms. The van der Waals surface area contributed by atoms with E-state index in [2.05, 4.69) is 28.1 Å². The second-order valence-corrected chi connectivity index (χ2v) is 13.4. The van der Waals surface area contributed by atoms with Crippen LogP contribution in [-0.2, 0) is 20.7 Å².